The van der Waals surface area contributed by atoms with Gasteiger partial charge in [0, 0.05) is 26.2 Å². The normalized spacial score (nSPS) is 19.2. The molecule has 0 spiro atoms. The van der Waals surface area contributed by atoms with Crippen molar-refractivity contribution in [2.45, 2.75) is 22.6 Å². The van der Waals surface area contributed by atoms with Gasteiger partial charge in [-0.1, -0.05) is 34.1 Å². The monoisotopic (exact) mass is 337 g/mol. The molecule has 2 unspecified atom stereocenters. The Bertz CT molecular complexity index is 592. The summed E-state index contributed by atoms with van der Waals surface area (Å²) in [4.78, 5) is 1.26. The Morgan fingerprint density at radius 3 is 2.84 bits per heavy atom. The summed E-state index contributed by atoms with van der Waals surface area (Å²) >= 11 is 5.12. The predicted molar refractivity (Wildman–Crippen MR) is 80.8 cm³/mol. The molecule has 1 nitrogen and oxygen atoms in total. The van der Waals surface area contributed by atoms with E-state index in [1.54, 1.807) is 23.9 Å². The summed E-state index contributed by atoms with van der Waals surface area (Å²) in [6, 6.07) is 12.9. The number of fused-ring (bicyclic) bond motifs is 1. The number of benzene rings is 2. The van der Waals surface area contributed by atoms with E-state index in [-0.39, 0.29) is 17.1 Å². The number of nitrogens with two attached hydrogens (primary N) is 1. The van der Waals surface area contributed by atoms with E-state index in [4.69, 9.17) is 5.73 Å². The Kier molecular flexibility index (Phi) is 3.65. The standard InChI is InChI=1S/C15H13BrFNS/c16-10-5-6-12(17)11(8-10)15(18)14-7-9-3-1-2-4-13(9)19-14/h1-6,8,14-15H,7,18H2. The second kappa shape index (κ2) is 5.27. The molecule has 0 aromatic heterocycles. The van der Waals surface area contributed by atoms with Crippen LogP contribution in [0.4, 0.5) is 4.39 Å². The average Bonchev–Trinajstić information content (AvgIpc) is 2.84. The van der Waals surface area contributed by atoms with Crippen LogP contribution < -0.4 is 5.73 Å². The molecule has 0 fully saturated rings. The number of hydrogen-bond donors (Lipinski definition) is 1. The highest BCUT2D eigenvalue weighted by Crippen LogP contribution is 2.42. The van der Waals surface area contributed by atoms with Gasteiger partial charge >= 0.3 is 0 Å². The Hall–Kier alpha value is -0.840. The maximum Gasteiger partial charge on any atom is 0.128 e. The van der Waals surface area contributed by atoms with Crippen LogP contribution >= 0.6 is 27.7 Å². The first-order chi connectivity index (χ1) is 9.15. The van der Waals surface area contributed by atoms with E-state index >= 15 is 0 Å². The highest BCUT2D eigenvalue weighted by Gasteiger charge is 2.29. The maximum atomic E-state index is 13.9. The lowest BCUT2D eigenvalue weighted by atomic mass is 9.99. The third-order valence-corrected chi connectivity index (χ3v) is 5.30. The van der Waals surface area contributed by atoms with Gasteiger partial charge in [-0.15, -0.1) is 11.8 Å². The van der Waals surface area contributed by atoms with Gasteiger partial charge in [0.05, 0.1) is 0 Å². The van der Waals surface area contributed by atoms with Gasteiger partial charge in [-0.2, -0.15) is 0 Å². The minimum absolute atomic E-state index is 0.196. The predicted octanol–water partition coefficient (Wildman–Crippen LogP) is 4.31. The molecule has 2 aromatic carbocycles. The van der Waals surface area contributed by atoms with Crippen LogP contribution in [0.1, 0.15) is 17.2 Å². The Balaban J connectivity index is 1.87. The van der Waals surface area contributed by atoms with E-state index in [0.29, 0.717) is 5.56 Å². The summed E-state index contributed by atoms with van der Waals surface area (Å²) in [7, 11) is 0. The quantitative estimate of drug-likeness (QED) is 0.883. The summed E-state index contributed by atoms with van der Waals surface area (Å²) in [5.41, 5.74) is 8.16. The highest BCUT2D eigenvalue weighted by atomic mass is 79.9. The van der Waals surface area contributed by atoms with Crippen molar-refractivity contribution < 1.29 is 4.39 Å². The van der Waals surface area contributed by atoms with Crippen molar-refractivity contribution in [3.05, 3.63) is 63.9 Å². The van der Waals surface area contributed by atoms with Crippen LogP contribution in [0, 0.1) is 5.82 Å². The molecule has 2 N–H and O–H groups in total. The second-order valence-electron chi connectivity index (χ2n) is 4.66. The number of hydrogen-bond acceptors (Lipinski definition) is 2. The van der Waals surface area contributed by atoms with E-state index in [1.165, 1.54) is 16.5 Å². The molecule has 4 heteroatoms. The lowest BCUT2D eigenvalue weighted by Crippen LogP contribution is -2.24. The second-order valence-corrected chi connectivity index (χ2v) is 6.86. The van der Waals surface area contributed by atoms with E-state index in [2.05, 4.69) is 28.1 Å². The molecule has 98 valence electrons. The van der Waals surface area contributed by atoms with E-state index in [1.807, 2.05) is 12.1 Å². The summed E-state index contributed by atoms with van der Waals surface area (Å²) in [5, 5.41) is 0.196. The molecule has 1 aliphatic rings. The smallest absolute Gasteiger partial charge is 0.128 e. The van der Waals surface area contributed by atoms with Crippen molar-refractivity contribution in [1.82, 2.24) is 0 Å². The lowest BCUT2D eigenvalue weighted by Gasteiger charge is -2.19. The lowest BCUT2D eigenvalue weighted by molar-refractivity contribution is 0.571. The summed E-state index contributed by atoms with van der Waals surface area (Å²) in [6.07, 6.45) is 0.897. The molecule has 0 radical (unpaired) electrons. The molecule has 1 aliphatic heterocycles. The molecule has 19 heavy (non-hydrogen) atoms. The van der Waals surface area contributed by atoms with Crippen LogP contribution in [0.15, 0.2) is 51.8 Å². The molecule has 0 aliphatic carbocycles. The third-order valence-electron chi connectivity index (χ3n) is 3.39. The van der Waals surface area contributed by atoms with Gasteiger partial charge in [-0.25, -0.2) is 4.39 Å². The first-order valence-corrected chi connectivity index (χ1v) is 7.77. The molecule has 2 atom stereocenters. The van der Waals surface area contributed by atoms with Crippen molar-refractivity contribution in [1.29, 1.82) is 0 Å². The van der Waals surface area contributed by atoms with E-state index in [0.717, 1.165) is 10.9 Å². The van der Waals surface area contributed by atoms with Crippen LogP contribution in [0.5, 0.6) is 0 Å². The van der Waals surface area contributed by atoms with Crippen molar-refractivity contribution in [2.24, 2.45) is 5.73 Å². The minimum Gasteiger partial charge on any atom is -0.323 e. The van der Waals surface area contributed by atoms with Gasteiger partial charge < -0.3 is 5.73 Å². The summed E-state index contributed by atoms with van der Waals surface area (Å²) in [5.74, 6) is -0.229. The van der Waals surface area contributed by atoms with Gasteiger partial charge in [0.2, 0.25) is 0 Å². The molecule has 0 amide bonds. The molecule has 2 aromatic rings. The van der Waals surface area contributed by atoms with Crippen molar-refractivity contribution >= 4 is 27.7 Å². The van der Waals surface area contributed by atoms with Gasteiger partial charge in [0.15, 0.2) is 0 Å². The van der Waals surface area contributed by atoms with Crippen molar-refractivity contribution in [2.75, 3.05) is 0 Å². The van der Waals surface area contributed by atoms with Crippen LogP contribution in [0.25, 0.3) is 0 Å². The van der Waals surface area contributed by atoms with Gasteiger partial charge in [-0.05, 0) is 36.2 Å². The first kappa shape index (κ1) is 13.2. The van der Waals surface area contributed by atoms with E-state index < -0.39 is 0 Å². The number of halogens is 2. The third kappa shape index (κ3) is 2.57. The van der Waals surface area contributed by atoms with Crippen LogP contribution in [0.3, 0.4) is 0 Å². The van der Waals surface area contributed by atoms with Crippen LogP contribution in [-0.2, 0) is 6.42 Å². The zero-order chi connectivity index (χ0) is 13.4. The Morgan fingerprint density at radius 1 is 1.26 bits per heavy atom. The van der Waals surface area contributed by atoms with Gasteiger partial charge in [0.25, 0.3) is 0 Å². The highest BCUT2D eigenvalue weighted by molar-refractivity contribution is 9.10. The molecule has 0 bridgehead atoms. The van der Waals surface area contributed by atoms with Crippen molar-refractivity contribution in [3.8, 4) is 0 Å². The zero-order valence-electron chi connectivity index (χ0n) is 10.1. The topological polar surface area (TPSA) is 26.0 Å². The van der Waals surface area contributed by atoms with Gasteiger partial charge in [-0.3, -0.25) is 0 Å². The maximum absolute atomic E-state index is 13.9. The SMILES string of the molecule is NC(c1cc(Br)ccc1F)C1Cc2ccccc2S1. The Morgan fingerprint density at radius 2 is 2.05 bits per heavy atom. The Labute approximate surface area is 124 Å². The molecular formula is C15H13BrFNS. The fraction of sp³-hybridized carbons (Fsp3) is 0.200. The van der Waals surface area contributed by atoms with Crippen LogP contribution in [-0.4, -0.2) is 5.25 Å². The first-order valence-electron chi connectivity index (χ1n) is 6.10. The minimum atomic E-state index is -0.296. The van der Waals surface area contributed by atoms with Gasteiger partial charge in [0.1, 0.15) is 5.82 Å². The van der Waals surface area contributed by atoms with E-state index in [9.17, 15) is 4.39 Å². The number of rotatable bonds is 2. The fourth-order valence-corrected chi connectivity index (χ4v) is 4.10. The largest absolute Gasteiger partial charge is 0.323 e. The molecule has 0 saturated heterocycles. The molecular weight excluding hydrogens is 325 g/mol. The average molecular weight is 338 g/mol. The van der Waals surface area contributed by atoms with Crippen molar-refractivity contribution in [3.63, 3.8) is 0 Å². The molecule has 3 rings (SSSR count). The van der Waals surface area contributed by atoms with Crippen LogP contribution in [0.2, 0.25) is 0 Å². The number of thioether (sulfide) groups is 1. The fourth-order valence-electron chi connectivity index (χ4n) is 2.38. The summed E-state index contributed by atoms with van der Waals surface area (Å²) in [6.45, 7) is 0. The molecule has 1 heterocycles. The zero-order valence-corrected chi connectivity index (χ0v) is 12.5. The molecule has 0 saturated carbocycles. The summed E-state index contributed by atoms with van der Waals surface area (Å²) < 4.78 is 14.8.